The fraction of sp³-hybridized carbons (Fsp3) is 0.304. The number of esters is 1. The van der Waals surface area contributed by atoms with E-state index in [2.05, 4.69) is 14.9 Å². The van der Waals surface area contributed by atoms with Gasteiger partial charge in [-0.1, -0.05) is 17.7 Å². The fourth-order valence-corrected chi connectivity index (χ4v) is 3.91. The summed E-state index contributed by atoms with van der Waals surface area (Å²) in [7, 11) is 0. The summed E-state index contributed by atoms with van der Waals surface area (Å²) in [4.78, 5) is 37.3. The highest BCUT2D eigenvalue weighted by Crippen LogP contribution is 2.19. The van der Waals surface area contributed by atoms with E-state index in [1.807, 2.05) is 39.8 Å². The Balaban J connectivity index is 1.39. The van der Waals surface area contributed by atoms with E-state index in [9.17, 15) is 9.59 Å². The first-order valence-corrected chi connectivity index (χ1v) is 10.9. The van der Waals surface area contributed by atoms with E-state index in [1.54, 1.807) is 25.1 Å². The lowest BCUT2D eigenvalue weighted by Crippen LogP contribution is -2.34. The number of carbonyl (C=O) groups excluding carboxylic acids is 2. The summed E-state index contributed by atoms with van der Waals surface area (Å²) in [6, 6.07) is 9.18. The monoisotopic (exact) mass is 453 g/mol. The summed E-state index contributed by atoms with van der Waals surface area (Å²) in [5.41, 5.74) is 1.84. The molecule has 4 heterocycles. The molecule has 166 valence electrons. The third-order valence-corrected chi connectivity index (χ3v) is 5.57. The number of anilines is 1. The van der Waals surface area contributed by atoms with Crippen LogP contribution in [0.3, 0.4) is 0 Å². The van der Waals surface area contributed by atoms with E-state index in [0.717, 1.165) is 24.4 Å². The molecule has 1 saturated heterocycles. The SMILES string of the molecule is CCOC(=O)c1ccc(N2CCCN(C(=O)/C=C/c3c(Cl)nc4ccccn34)CC2)nc1. The number of aromatic nitrogens is 3. The third-order valence-electron chi connectivity index (χ3n) is 5.30. The fourth-order valence-electron chi connectivity index (χ4n) is 3.67. The average Bonchev–Trinajstić information content (AvgIpc) is 2.96. The van der Waals surface area contributed by atoms with Crippen molar-refractivity contribution >= 4 is 41.0 Å². The van der Waals surface area contributed by atoms with Gasteiger partial charge >= 0.3 is 5.97 Å². The van der Waals surface area contributed by atoms with Crippen molar-refractivity contribution in [1.29, 1.82) is 0 Å². The highest BCUT2D eigenvalue weighted by Gasteiger charge is 2.19. The topological polar surface area (TPSA) is 80.0 Å². The zero-order chi connectivity index (χ0) is 22.5. The molecule has 0 aromatic carbocycles. The predicted molar refractivity (Wildman–Crippen MR) is 123 cm³/mol. The Morgan fingerprint density at radius 2 is 2.03 bits per heavy atom. The average molecular weight is 454 g/mol. The number of ether oxygens (including phenoxy) is 1. The molecule has 0 spiro atoms. The van der Waals surface area contributed by atoms with Crippen molar-refractivity contribution in [2.45, 2.75) is 13.3 Å². The van der Waals surface area contributed by atoms with Crippen molar-refractivity contribution < 1.29 is 14.3 Å². The van der Waals surface area contributed by atoms with Gasteiger partial charge in [-0.15, -0.1) is 0 Å². The Morgan fingerprint density at radius 1 is 1.16 bits per heavy atom. The Hall–Kier alpha value is -3.39. The molecule has 8 nitrogen and oxygen atoms in total. The molecule has 1 fully saturated rings. The van der Waals surface area contributed by atoms with Crippen LogP contribution in [0.5, 0.6) is 0 Å². The summed E-state index contributed by atoms with van der Waals surface area (Å²) < 4.78 is 6.85. The molecular weight excluding hydrogens is 430 g/mol. The van der Waals surface area contributed by atoms with Gasteiger partial charge in [0.2, 0.25) is 5.91 Å². The number of hydrogen-bond acceptors (Lipinski definition) is 6. The van der Waals surface area contributed by atoms with Crippen molar-refractivity contribution in [3.63, 3.8) is 0 Å². The second kappa shape index (κ2) is 9.82. The molecule has 1 amide bonds. The van der Waals surface area contributed by atoms with Gasteiger partial charge in [-0.05, 0) is 43.7 Å². The van der Waals surface area contributed by atoms with Crippen LogP contribution in [0.15, 0.2) is 48.8 Å². The van der Waals surface area contributed by atoms with Crippen molar-refractivity contribution in [3.8, 4) is 0 Å². The number of hydrogen-bond donors (Lipinski definition) is 0. The highest BCUT2D eigenvalue weighted by atomic mass is 35.5. The molecule has 1 aliphatic rings. The van der Waals surface area contributed by atoms with Gasteiger partial charge in [-0.25, -0.2) is 14.8 Å². The first-order chi connectivity index (χ1) is 15.6. The van der Waals surface area contributed by atoms with E-state index in [-0.39, 0.29) is 11.9 Å². The number of amides is 1. The number of halogens is 1. The summed E-state index contributed by atoms with van der Waals surface area (Å²) in [6.07, 6.45) is 7.47. The minimum absolute atomic E-state index is 0.0700. The van der Waals surface area contributed by atoms with Gasteiger partial charge in [-0.2, -0.15) is 0 Å². The molecule has 9 heteroatoms. The lowest BCUT2D eigenvalue weighted by Gasteiger charge is -2.22. The molecule has 0 unspecified atom stereocenters. The van der Waals surface area contributed by atoms with E-state index in [1.165, 1.54) is 6.20 Å². The summed E-state index contributed by atoms with van der Waals surface area (Å²) >= 11 is 6.25. The van der Waals surface area contributed by atoms with E-state index in [0.29, 0.717) is 42.7 Å². The molecular formula is C23H24ClN5O3. The van der Waals surface area contributed by atoms with Crippen LogP contribution in [-0.4, -0.2) is 63.9 Å². The van der Waals surface area contributed by atoms with Crippen LogP contribution in [-0.2, 0) is 9.53 Å². The molecule has 0 bridgehead atoms. The number of rotatable bonds is 5. The molecule has 1 aliphatic heterocycles. The first-order valence-electron chi connectivity index (χ1n) is 10.5. The second-order valence-corrected chi connectivity index (χ2v) is 7.70. The standard InChI is InChI=1S/C23H24ClN5O3/c1-2-32-23(31)17-7-9-19(25-16-17)27-11-5-12-28(15-14-27)21(30)10-8-18-22(24)26-20-6-3-4-13-29(18)20/h3-4,6-10,13,16H,2,5,11-12,14-15H2,1H3/b10-8+. The lowest BCUT2D eigenvalue weighted by molar-refractivity contribution is -0.125. The lowest BCUT2D eigenvalue weighted by atomic mass is 10.2. The maximum absolute atomic E-state index is 12.8. The Labute approximate surface area is 191 Å². The van der Waals surface area contributed by atoms with Crippen LogP contribution >= 0.6 is 11.6 Å². The maximum Gasteiger partial charge on any atom is 0.339 e. The maximum atomic E-state index is 12.8. The van der Waals surface area contributed by atoms with Crippen molar-refractivity contribution in [2.75, 3.05) is 37.7 Å². The van der Waals surface area contributed by atoms with Gasteiger partial charge in [0.05, 0.1) is 17.9 Å². The van der Waals surface area contributed by atoms with E-state index < -0.39 is 0 Å². The van der Waals surface area contributed by atoms with Crippen LogP contribution in [0, 0.1) is 0 Å². The molecule has 32 heavy (non-hydrogen) atoms. The zero-order valence-corrected chi connectivity index (χ0v) is 18.5. The van der Waals surface area contributed by atoms with Crippen LogP contribution in [0.25, 0.3) is 11.7 Å². The number of pyridine rings is 2. The van der Waals surface area contributed by atoms with Gasteiger partial charge in [0.1, 0.15) is 11.5 Å². The minimum atomic E-state index is -0.378. The van der Waals surface area contributed by atoms with Crippen molar-refractivity contribution in [3.05, 3.63) is 65.2 Å². The molecule has 0 radical (unpaired) electrons. The quantitative estimate of drug-likeness (QED) is 0.435. The molecule has 0 atom stereocenters. The van der Waals surface area contributed by atoms with Gasteiger partial charge in [0.15, 0.2) is 5.15 Å². The third kappa shape index (κ3) is 4.75. The second-order valence-electron chi connectivity index (χ2n) is 7.34. The molecule has 0 N–H and O–H groups in total. The number of nitrogens with zero attached hydrogens (tertiary/aromatic N) is 5. The first kappa shape index (κ1) is 21.8. The Morgan fingerprint density at radius 3 is 2.81 bits per heavy atom. The van der Waals surface area contributed by atoms with Gasteiger partial charge in [-0.3, -0.25) is 9.20 Å². The van der Waals surface area contributed by atoms with Gasteiger partial charge in [0, 0.05) is 44.6 Å². The summed E-state index contributed by atoms with van der Waals surface area (Å²) in [5, 5.41) is 0.361. The molecule has 4 rings (SSSR count). The Kier molecular flexibility index (Phi) is 6.70. The summed E-state index contributed by atoms with van der Waals surface area (Å²) in [5.74, 6) is 0.330. The minimum Gasteiger partial charge on any atom is -0.462 e. The zero-order valence-electron chi connectivity index (χ0n) is 17.8. The molecule has 0 aliphatic carbocycles. The van der Waals surface area contributed by atoms with Crippen molar-refractivity contribution in [1.82, 2.24) is 19.3 Å². The largest absolute Gasteiger partial charge is 0.462 e. The molecule has 3 aromatic rings. The van der Waals surface area contributed by atoms with Crippen molar-refractivity contribution in [2.24, 2.45) is 0 Å². The normalized spacial score (nSPS) is 14.7. The van der Waals surface area contributed by atoms with Gasteiger partial charge < -0.3 is 14.5 Å². The van der Waals surface area contributed by atoms with E-state index >= 15 is 0 Å². The predicted octanol–water partition coefficient (Wildman–Crippen LogP) is 3.31. The van der Waals surface area contributed by atoms with Crippen LogP contribution < -0.4 is 4.90 Å². The van der Waals surface area contributed by atoms with Crippen LogP contribution in [0.1, 0.15) is 29.4 Å². The number of fused-ring (bicyclic) bond motifs is 1. The number of imidazole rings is 1. The summed E-state index contributed by atoms with van der Waals surface area (Å²) in [6.45, 7) is 4.76. The van der Waals surface area contributed by atoms with Crippen LogP contribution in [0.2, 0.25) is 5.15 Å². The number of carbonyl (C=O) groups is 2. The van der Waals surface area contributed by atoms with E-state index in [4.69, 9.17) is 16.3 Å². The van der Waals surface area contributed by atoms with Gasteiger partial charge in [0.25, 0.3) is 0 Å². The molecule has 0 saturated carbocycles. The molecule has 3 aromatic heterocycles. The van der Waals surface area contributed by atoms with Crippen LogP contribution in [0.4, 0.5) is 5.82 Å². The smallest absolute Gasteiger partial charge is 0.339 e. The highest BCUT2D eigenvalue weighted by molar-refractivity contribution is 6.31. The Bertz CT molecular complexity index is 1140.